The van der Waals surface area contributed by atoms with Gasteiger partial charge < -0.3 is 14.0 Å². The van der Waals surface area contributed by atoms with Crippen LogP contribution in [-0.2, 0) is 36.7 Å². The molecule has 2 heterocycles. The molecule has 0 bridgehead atoms. The van der Waals surface area contributed by atoms with E-state index in [2.05, 4.69) is 4.98 Å². The molecule has 0 spiro atoms. The fourth-order valence-corrected chi connectivity index (χ4v) is 4.74. The minimum absolute atomic E-state index is 0.107. The van der Waals surface area contributed by atoms with E-state index in [9.17, 15) is 12.8 Å². The lowest BCUT2D eigenvalue weighted by molar-refractivity contribution is -0.185. The van der Waals surface area contributed by atoms with Crippen LogP contribution in [0.25, 0.3) is 0 Å². The predicted molar refractivity (Wildman–Crippen MR) is 119 cm³/mol. The van der Waals surface area contributed by atoms with E-state index in [-0.39, 0.29) is 23.9 Å². The second kappa shape index (κ2) is 10.1. The van der Waals surface area contributed by atoms with E-state index in [0.29, 0.717) is 13.0 Å². The van der Waals surface area contributed by atoms with Gasteiger partial charge in [0.2, 0.25) is 0 Å². The van der Waals surface area contributed by atoms with Crippen LogP contribution in [0.15, 0.2) is 72.1 Å². The third kappa shape index (κ3) is 6.26. The molecule has 2 atom stereocenters. The third-order valence-electron chi connectivity index (χ3n) is 5.55. The van der Waals surface area contributed by atoms with Crippen LogP contribution < -0.4 is 0 Å². The van der Waals surface area contributed by atoms with Gasteiger partial charge in [0.15, 0.2) is 5.79 Å². The fraction of sp³-hybridized carbons (Fsp3) is 0.375. The van der Waals surface area contributed by atoms with Crippen molar-refractivity contribution in [1.82, 2.24) is 9.55 Å². The van der Waals surface area contributed by atoms with Crippen molar-refractivity contribution < 1.29 is 26.5 Å². The van der Waals surface area contributed by atoms with Gasteiger partial charge in [-0.1, -0.05) is 29.8 Å². The number of halogens is 1. The molecule has 1 fully saturated rings. The van der Waals surface area contributed by atoms with Crippen LogP contribution in [0.5, 0.6) is 0 Å². The molecule has 1 aliphatic heterocycles. The molecule has 33 heavy (non-hydrogen) atoms. The molecular weight excluding hydrogens is 447 g/mol. The van der Waals surface area contributed by atoms with Crippen molar-refractivity contribution in [2.45, 2.75) is 49.5 Å². The molecule has 4 rings (SSSR count). The number of ether oxygens (including phenoxy) is 2. The quantitative estimate of drug-likeness (QED) is 0.415. The normalized spacial score (nSPS) is 20.8. The van der Waals surface area contributed by atoms with Gasteiger partial charge in [-0.05, 0) is 49.6 Å². The van der Waals surface area contributed by atoms with Gasteiger partial charge in [0.1, 0.15) is 11.9 Å². The highest BCUT2D eigenvalue weighted by atomic mass is 32.2. The lowest BCUT2D eigenvalue weighted by Gasteiger charge is -2.28. The van der Waals surface area contributed by atoms with Crippen LogP contribution >= 0.6 is 0 Å². The molecule has 9 heteroatoms. The second-order valence-electron chi connectivity index (χ2n) is 8.23. The first-order chi connectivity index (χ1) is 15.8. The van der Waals surface area contributed by atoms with Crippen molar-refractivity contribution >= 4 is 10.1 Å². The largest absolute Gasteiger partial charge is 0.345 e. The topological polar surface area (TPSA) is 79.7 Å². The first-order valence-electron chi connectivity index (χ1n) is 10.8. The van der Waals surface area contributed by atoms with Crippen LogP contribution in [-0.4, -0.2) is 43.1 Å². The van der Waals surface area contributed by atoms with Gasteiger partial charge in [-0.25, -0.2) is 9.37 Å². The molecule has 1 saturated heterocycles. The minimum atomic E-state index is -3.89. The molecule has 0 saturated carbocycles. The van der Waals surface area contributed by atoms with Crippen LogP contribution in [0.1, 0.15) is 24.0 Å². The highest BCUT2D eigenvalue weighted by Gasteiger charge is 2.42. The molecule has 3 aromatic rings. The molecule has 1 aliphatic rings. The van der Waals surface area contributed by atoms with Crippen LogP contribution in [0.4, 0.5) is 4.39 Å². The Morgan fingerprint density at radius 2 is 1.94 bits per heavy atom. The Bertz CT molecular complexity index is 1130. The van der Waals surface area contributed by atoms with Gasteiger partial charge in [-0.3, -0.25) is 4.18 Å². The number of imidazole rings is 1. The Labute approximate surface area is 193 Å². The van der Waals surface area contributed by atoms with Crippen LogP contribution in [0.2, 0.25) is 0 Å². The summed E-state index contributed by atoms with van der Waals surface area (Å²) >= 11 is 0. The summed E-state index contributed by atoms with van der Waals surface area (Å²) in [6.45, 7) is 2.38. The summed E-state index contributed by atoms with van der Waals surface area (Å²) in [5.41, 5.74) is 1.99. The Morgan fingerprint density at radius 3 is 2.64 bits per heavy atom. The van der Waals surface area contributed by atoms with Gasteiger partial charge in [0.05, 0.1) is 31.0 Å². The summed E-state index contributed by atoms with van der Waals surface area (Å²) < 4.78 is 57.6. The van der Waals surface area contributed by atoms with Crippen molar-refractivity contribution in [2.24, 2.45) is 0 Å². The maximum Gasteiger partial charge on any atom is 0.297 e. The molecule has 0 N–H and O–H groups in total. The van der Waals surface area contributed by atoms with Crippen molar-refractivity contribution in [1.29, 1.82) is 0 Å². The standard InChI is InChI=1S/C24H27FN2O5S/c1-19-4-10-23(11-5-19)33(28,29)31-16-22-15-30-24(32-22,17-27-14-13-26-18-27)12-2-3-20-6-8-21(25)9-7-20/h4-11,13-14,18,22H,2-3,12,15-17H2,1H3/t22-,24+/m0/s1. The number of hydrogen-bond donors (Lipinski definition) is 0. The van der Waals surface area contributed by atoms with Crippen LogP contribution in [0, 0.1) is 12.7 Å². The highest BCUT2D eigenvalue weighted by molar-refractivity contribution is 7.86. The predicted octanol–water partition coefficient (Wildman–Crippen LogP) is 3.87. The van der Waals surface area contributed by atoms with E-state index in [1.807, 2.05) is 17.7 Å². The number of benzene rings is 2. The van der Waals surface area contributed by atoms with E-state index < -0.39 is 22.0 Å². The molecule has 1 aromatic heterocycles. The van der Waals surface area contributed by atoms with Crippen LogP contribution in [0.3, 0.4) is 0 Å². The zero-order valence-corrected chi connectivity index (χ0v) is 19.2. The second-order valence-corrected chi connectivity index (χ2v) is 9.84. The number of aromatic nitrogens is 2. The Morgan fingerprint density at radius 1 is 1.18 bits per heavy atom. The summed E-state index contributed by atoms with van der Waals surface area (Å²) in [6, 6.07) is 12.9. The summed E-state index contributed by atoms with van der Waals surface area (Å²) in [5.74, 6) is -1.19. The number of hydrogen-bond acceptors (Lipinski definition) is 6. The first-order valence-corrected chi connectivity index (χ1v) is 12.2. The number of nitrogens with zero attached hydrogens (tertiary/aromatic N) is 2. The van der Waals surface area contributed by atoms with Gasteiger partial charge in [0.25, 0.3) is 10.1 Å². The molecule has 2 aromatic carbocycles. The molecule has 0 aliphatic carbocycles. The smallest absolute Gasteiger partial charge is 0.297 e. The first kappa shape index (κ1) is 23.6. The van der Waals surface area contributed by atoms with E-state index >= 15 is 0 Å². The van der Waals surface area contributed by atoms with Crippen molar-refractivity contribution in [2.75, 3.05) is 13.2 Å². The Kier molecular flexibility index (Phi) is 7.23. The van der Waals surface area contributed by atoms with Crippen molar-refractivity contribution in [3.05, 3.63) is 84.2 Å². The summed E-state index contributed by atoms with van der Waals surface area (Å²) in [6.07, 6.45) is 6.71. The maximum absolute atomic E-state index is 13.1. The summed E-state index contributed by atoms with van der Waals surface area (Å²) in [4.78, 5) is 4.18. The third-order valence-corrected chi connectivity index (χ3v) is 6.85. The van der Waals surface area contributed by atoms with E-state index in [4.69, 9.17) is 13.7 Å². The van der Waals surface area contributed by atoms with Crippen molar-refractivity contribution in [3.63, 3.8) is 0 Å². The van der Waals surface area contributed by atoms with Gasteiger partial charge in [-0.15, -0.1) is 0 Å². The molecule has 7 nitrogen and oxygen atoms in total. The van der Waals surface area contributed by atoms with Gasteiger partial charge in [0, 0.05) is 18.8 Å². The molecular formula is C24H27FN2O5S. The highest BCUT2D eigenvalue weighted by Crippen LogP contribution is 2.32. The lowest BCUT2D eigenvalue weighted by atomic mass is 10.0. The number of rotatable bonds is 10. The summed E-state index contributed by atoms with van der Waals surface area (Å²) in [7, 11) is -3.89. The van der Waals surface area contributed by atoms with E-state index in [1.165, 1.54) is 24.3 Å². The monoisotopic (exact) mass is 474 g/mol. The zero-order valence-electron chi connectivity index (χ0n) is 18.4. The number of aryl methyl sites for hydroxylation is 2. The molecule has 0 radical (unpaired) electrons. The average Bonchev–Trinajstić information content (AvgIpc) is 3.45. The molecule has 0 unspecified atom stereocenters. The molecule has 176 valence electrons. The van der Waals surface area contributed by atoms with Gasteiger partial charge >= 0.3 is 0 Å². The van der Waals surface area contributed by atoms with Gasteiger partial charge in [-0.2, -0.15) is 8.42 Å². The lowest BCUT2D eigenvalue weighted by Crippen LogP contribution is -2.37. The average molecular weight is 475 g/mol. The van der Waals surface area contributed by atoms with E-state index in [0.717, 1.165) is 24.0 Å². The Balaban J connectivity index is 1.38. The Hall–Kier alpha value is -2.59. The van der Waals surface area contributed by atoms with Crippen molar-refractivity contribution in [3.8, 4) is 0 Å². The minimum Gasteiger partial charge on any atom is -0.345 e. The summed E-state index contributed by atoms with van der Waals surface area (Å²) in [5, 5.41) is 0. The fourth-order valence-electron chi connectivity index (χ4n) is 3.80. The maximum atomic E-state index is 13.1. The SMILES string of the molecule is Cc1ccc(S(=O)(=O)OC[C@@H]2CO[C@@](CCCc3ccc(F)cc3)(Cn3ccnc3)O2)cc1. The molecule has 0 amide bonds. The van der Waals surface area contributed by atoms with E-state index in [1.54, 1.807) is 36.8 Å². The zero-order chi connectivity index (χ0) is 23.3.